The molecule has 2 aromatic rings. The topological polar surface area (TPSA) is 72.9 Å². The number of rotatable bonds is 11. The van der Waals surface area contributed by atoms with Crippen LogP contribution in [-0.4, -0.2) is 61.4 Å². The van der Waals surface area contributed by atoms with Crippen molar-refractivity contribution in [3.05, 3.63) is 52.5 Å². The molecule has 1 fully saturated rings. The van der Waals surface area contributed by atoms with Crippen molar-refractivity contribution in [2.24, 2.45) is 0 Å². The highest BCUT2D eigenvalue weighted by Gasteiger charge is 2.43. The van der Waals surface area contributed by atoms with Crippen molar-refractivity contribution in [3.8, 4) is 5.75 Å². The molecule has 0 spiro atoms. The summed E-state index contributed by atoms with van der Waals surface area (Å²) < 4.78 is 32.0. The van der Waals surface area contributed by atoms with Gasteiger partial charge in [0.2, 0.25) is 0 Å². The molecule has 0 bridgehead atoms. The molecule has 212 valence electrons. The first-order valence-electron chi connectivity index (χ1n) is 14.6. The number of hydrogen-bond acceptors (Lipinski definition) is 7. The molecule has 1 atom stereocenters. The number of ether oxygens (including phenoxy) is 3. The van der Waals surface area contributed by atoms with Crippen LogP contribution >= 0.6 is 0 Å². The van der Waals surface area contributed by atoms with Crippen LogP contribution in [0.25, 0.3) is 0 Å². The number of anilines is 1. The Hall–Kier alpha value is -2.71. The van der Waals surface area contributed by atoms with Crippen molar-refractivity contribution in [2.75, 3.05) is 44.8 Å². The van der Waals surface area contributed by atoms with Crippen LogP contribution in [-0.2, 0) is 32.5 Å². The molecular formula is C31H42FN3O4. The first-order chi connectivity index (χ1) is 18.9. The summed E-state index contributed by atoms with van der Waals surface area (Å²) in [5.41, 5.74) is 3.80. The van der Waals surface area contributed by atoms with Crippen LogP contribution in [0.15, 0.2) is 24.3 Å². The molecule has 0 amide bonds. The Morgan fingerprint density at radius 2 is 2.10 bits per heavy atom. The van der Waals surface area contributed by atoms with Gasteiger partial charge in [0.25, 0.3) is 0 Å². The Kier molecular flexibility index (Phi) is 8.72. The van der Waals surface area contributed by atoms with Crippen LogP contribution in [0.3, 0.4) is 0 Å². The fourth-order valence-corrected chi connectivity index (χ4v) is 6.02. The van der Waals surface area contributed by atoms with Gasteiger partial charge in [-0.1, -0.05) is 26.3 Å². The molecule has 1 aromatic heterocycles. The average molecular weight is 540 g/mol. The first-order valence-corrected chi connectivity index (χ1v) is 14.6. The molecule has 0 aliphatic carbocycles. The van der Waals surface area contributed by atoms with Gasteiger partial charge < -0.3 is 19.5 Å². The van der Waals surface area contributed by atoms with Crippen molar-refractivity contribution < 1.29 is 23.4 Å². The molecule has 5 rings (SSSR count). The lowest BCUT2D eigenvalue weighted by Crippen LogP contribution is -2.55. The zero-order valence-electron chi connectivity index (χ0n) is 23.6. The minimum atomic E-state index is -0.672. The summed E-state index contributed by atoms with van der Waals surface area (Å²) in [4.78, 5) is 20.0. The van der Waals surface area contributed by atoms with Gasteiger partial charge in [-0.15, -0.1) is 0 Å². The van der Waals surface area contributed by atoms with Gasteiger partial charge in [-0.05, 0) is 74.1 Å². The van der Waals surface area contributed by atoms with Crippen LogP contribution < -0.4 is 10.1 Å². The molecule has 4 heterocycles. The standard InChI is InChI=1S/C31H42FN3O4/c1-4-37-30(36)28(25-17-22(32)18-26-27(25)31(2,3)13-16-39-26)35-19-24(20-35)38-15-7-5-6-10-23-12-11-21-9-8-14-33-29(21)34-23/h11-12,17-18,24,28H,4-10,13-16,19-20H2,1-3H3,(H,33,34). The second-order valence-electron chi connectivity index (χ2n) is 11.6. The molecule has 39 heavy (non-hydrogen) atoms. The molecule has 1 unspecified atom stereocenters. The summed E-state index contributed by atoms with van der Waals surface area (Å²) in [6.45, 7) is 9.78. The number of carbonyl (C=O) groups excluding carboxylic acids is 1. The molecule has 0 radical (unpaired) electrons. The summed E-state index contributed by atoms with van der Waals surface area (Å²) in [6.07, 6.45) is 7.29. The number of likely N-dealkylation sites (tertiary alicyclic amines) is 1. The van der Waals surface area contributed by atoms with E-state index >= 15 is 0 Å². The van der Waals surface area contributed by atoms with Crippen LogP contribution in [0.5, 0.6) is 5.75 Å². The molecule has 3 aliphatic rings. The molecular weight excluding hydrogens is 497 g/mol. The van der Waals surface area contributed by atoms with E-state index < -0.39 is 11.9 Å². The number of esters is 1. The number of fused-ring (bicyclic) bond motifs is 2. The van der Waals surface area contributed by atoms with Crippen molar-refractivity contribution in [1.82, 2.24) is 9.88 Å². The predicted octanol–water partition coefficient (Wildman–Crippen LogP) is 5.36. The third-order valence-electron chi connectivity index (χ3n) is 8.19. The van der Waals surface area contributed by atoms with E-state index in [0.29, 0.717) is 37.6 Å². The maximum atomic E-state index is 14.6. The molecule has 7 nitrogen and oxygen atoms in total. The summed E-state index contributed by atoms with van der Waals surface area (Å²) in [7, 11) is 0. The zero-order valence-corrected chi connectivity index (χ0v) is 23.6. The van der Waals surface area contributed by atoms with E-state index in [1.807, 2.05) is 4.90 Å². The maximum absolute atomic E-state index is 14.6. The molecule has 0 saturated carbocycles. The summed E-state index contributed by atoms with van der Waals surface area (Å²) in [5, 5.41) is 3.41. The number of pyridine rings is 1. The monoisotopic (exact) mass is 539 g/mol. The third kappa shape index (κ3) is 6.38. The van der Waals surface area contributed by atoms with Crippen LogP contribution in [0, 0.1) is 5.82 Å². The largest absolute Gasteiger partial charge is 0.493 e. The summed E-state index contributed by atoms with van der Waals surface area (Å²) in [6, 6.07) is 6.62. The number of nitrogens with zero attached hydrogens (tertiary/aromatic N) is 2. The van der Waals surface area contributed by atoms with E-state index in [-0.39, 0.29) is 24.1 Å². The fraction of sp³-hybridized carbons (Fsp3) is 0.613. The average Bonchev–Trinajstić information content (AvgIpc) is 2.88. The molecule has 3 aliphatic heterocycles. The third-order valence-corrected chi connectivity index (χ3v) is 8.19. The number of nitrogens with one attached hydrogen (secondary N) is 1. The quantitative estimate of drug-likeness (QED) is 0.305. The van der Waals surface area contributed by atoms with Gasteiger partial charge in [0.05, 0.1) is 19.3 Å². The number of aromatic nitrogens is 1. The minimum Gasteiger partial charge on any atom is -0.493 e. The predicted molar refractivity (Wildman–Crippen MR) is 149 cm³/mol. The lowest BCUT2D eigenvalue weighted by Gasteiger charge is -2.45. The highest BCUT2D eigenvalue weighted by molar-refractivity contribution is 5.79. The summed E-state index contributed by atoms with van der Waals surface area (Å²) >= 11 is 0. The Labute approximate surface area is 231 Å². The van der Waals surface area contributed by atoms with Crippen LogP contribution in [0.1, 0.15) is 81.3 Å². The lowest BCUT2D eigenvalue weighted by molar-refractivity contribution is -0.157. The van der Waals surface area contributed by atoms with E-state index in [9.17, 15) is 9.18 Å². The lowest BCUT2D eigenvalue weighted by atomic mass is 9.75. The van der Waals surface area contributed by atoms with Crippen LogP contribution in [0.2, 0.25) is 0 Å². The van der Waals surface area contributed by atoms with E-state index in [4.69, 9.17) is 19.2 Å². The first kappa shape index (κ1) is 27.8. The normalized spacial score (nSPS) is 19.2. The van der Waals surface area contributed by atoms with Gasteiger partial charge in [-0.3, -0.25) is 4.90 Å². The Morgan fingerprint density at radius 3 is 2.92 bits per heavy atom. The van der Waals surface area contributed by atoms with Crippen molar-refractivity contribution in [3.63, 3.8) is 0 Å². The zero-order chi connectivity index (χ0) is 27.4. The highest BCUT2D eigenvalue weighted by Crippen LogP contribution is 2.45. The van der Waals surface area contributed by atoms with E-state index in [0.717, 1.165) is 62.1 Å². The molecule has 1 aromatic carbocycles. The Morgan fingerprint density at radius 1 is 1.26 bits per heavy atom. The Balaban J connectivity index is 1.12. The Bertz CT molecular complexity index is 1160. The SMILES string of the molecule is CCOC(=O)C(c1cc(F)cc2c1C(C)(C)CCO2)N1CC(OCCCCCc2ccc3c(n2)NCCC3)C1. The van der Waals surface area contributed by atoms with Crippen molar-refractivity contribution in [1.29, 1.82) is 0 Å². The van der Waals surface area contributed by atoms with Gasteiger partial charge in [-0.25, -0.2) is 14.2 Å². The smallest absolute Gasteiger partial charge is 0.328 e. The molecule has 1 saturated heterocycles. The maximum Gasteiger partial charge on any atom is 0.328 e. The van der Waals surface area contributed by atoms with Gasteiger partial charge in [0, 0.05) is 43.6 Å². The number of carbonyl (C=O) groups is 1. The summed E-state index contributed by atoms with van der Waals surface area (Å²) in [5.74, 6) is 0.848. The van der Waals surface area contributed by atoms with Gasteiger partial charge in [-0.2, -0.15) is 0 Å². The number of unbranched alkanes of at least 4 members (excludes halogenated alkanes) is 2. The second kappa shape index (κ2) is 12.2. The number of hydrogen-bond donors (Lipinski definition) is 1. The molecule has 8 heteroatoms. The van der Waals surface area contributed by atoms with Gasteiger partial charge in [0.15, 0.2) is 0 Å². The van der Waals surface area contributed by atoms with E-state index in [1.54, 1.807) is 6.92 Å². The van der Waals surface area contributed by atoms with Crippen molar-refractivity contribution >= 4 is 11.8 Å². The molecule has 1 N–H and O–H groups in total. The number of benzene rings is 1. The number of aryl methyl sites for hydroxylation is 2. The van der Waals surface area contributed by atoms with Crippen molar-refractivity contribution in [2.45, 2.75) is 83.3 Å². The second-order valence-corrected chi connectivity index (χ2v) is 11.6. The van der Waals surface area contributed by atoms with E-state index in [2.05, 4.69) is 31.3 Å². The number of halogens is 1. The van der Waals surface area contributed by atoms with Gasteiger partial charge in [0.1, 0.15) is 23.4 Å². The minimum absolute atomic E-state index is 0.0592. The fourth-order valence-electron chi connectivity index (χ4n) is 6.02. The van der Waals surface area contributed by atoms with E-state index in [1.165, 1.54) is 24.1 Å². The highest BCUT2D eigenvalue weighted by atomic mass is 19.1. The van der Waals surface area contributed by atoms with Gasteiger partial charge >= 0.3 is 5.97 Å². The van der Waals surface area contributed by atoms with Crippen LogP contribution in [0.4, 0.5) is 10.2 Å².